The van der Waals surface area contributed by atoms with Gasteiger partial charge in [-0.25, -0.2) is 4.98 Å². The number of azo groups is 1. The number of rotatable bonds is 2. The second-order valence-electron chi connectivity index (χ2n) is 4.44. The first kappa shape index (κ1) is 10.3. The molecule has 1 amide bonds. The molecule has 0 unspecified atom stereocenters. The van der Waals surface area contributed by atoms with Crippen LogP contribution in [0.4, 0.5) is 10.2 Å². The second-order valence-corrected chi connectivity index (χ2v) is 4.44. The summed E-state index contributed by atoms with van der Waals surface area (Å²) in [6.45, 7) is 0. The molecule has 0 spiro atoms. The summed E-state index contributed by atoms with van der Waals surface area (Å²) in [6.07, 6.45) is 2.87. The van der Waals surface area contributed by atoms with Crippen LogP contribution in [-0.2, 0) is 4.79 Å². The minimum absolute atomic E-state index is 0.158. The van der Waals surface area contributed by atoms with Crippen molar-refractivity contribution >= 4 is 11.7 Å². The van der Waals surface area contributed by atoms with Gasteiger partial charge in [-0.3, -0.25) is 4.79 Å². The van der Waals surface area contributed by atoms with Crippen LogP contribution >= 0.6 is 0 Å². The molecule has 1 N–H and O–H groups in total. The molecule has 0 radical (unpaired) electrons. The average molecular weight is 254 g/mol. The Balaban J connectivity index is 1.63. The SMILES string of the molecule is O=C(Nc1cccc(F)n1)C1=C2C=C3CC3=C2N=N1. The van der Waals surface area contributed by atoms with Crippen molar-refractivity contribution in [3.63, 3.8) is 0 Å². The zero-order valence-corrected chi connectivity index (χ0v) is 9.64. The first-order valence-corrected chi connectivity index (χ1v) is 5.77. The molecule has 0 bridgehead atoms. The fourth-order valence-electron chi connectivity index (χ4n) is 2.20. The van der Waals surface area contributed by atoms with E-state index in [0.29, 0.717) is 0 Å². The Kier molecular flexibility index (Phi) is 1.87. The van der Waals surface area contributed by atoms with Crippen LogP contribution in [0.2, 0.25) is 0 Å². The van der Waals surface area contributed by atoms with Gasteiger partial charge in [0.25, 0.3) is 5.91 Å². The fraction of sp³-hybridized carbons (Fsp3) is 0.0769. The quantitative estimate of drug-likeness (QED) is 0.824. The van der Waals surface area contributed by atoms with E-state index in [1.807, 2.05) is 6.08 Å². The molecule has 1 fully saturated rings. The van der Waals surface area contributed by atoms with Gasteiger partial charge in [0.05, 0.1) is 5.70 Å². The Morgan fingerprint density at radius 2 is 2.21 bits per heavy atom. The van der Waals surface area contributed by atoms with Gasteiger partial charge in [-0.15, -0.1) is 10.2 Å². The lowest BCUT2D eigenvalue weighted by Crippen LogP contribution is -2.14. The number of hydrogen-bond acceptors (Lipinski definition) is 4. The molecule has 1 aliphatic heterocycles. The Morgan fingerprint density at radius 3 is 3.05 bits per heavy atom. The maximum atomic E-state index is 12.9. The standard InChI is InChI=1S/C13H7FN4O/c14-9-2-1-3-10(15-9)16-13(19)12-8-5-6-4-7(6)11(8)17-18-12/h1-3,5H,4H2,(H,15,16,19). The summed E-state index contributed by atoms with van der Waals surface area (Å²) in [6, 6.07) is 4.21. The van der Waals surface area contributed by atoms with Crippen molar-refractivity contribution < 1.29 is 9.18 Å². The predicted molar refractivity (Wildman–Crippen MR) is 64.4 cm³/mol. The van der Waals surface area contributed by atoms with Gasteiger partial charge in [-0.1, -0.05) is 6.07 Å². The van der Waals surface area contributed by atoms with Crippen LogP contribution in [0, 0.1) is 5.95 Å². The van der Waals surface area contributed by atoms with Crippen LogP contribution in [0.5, 0.6) is 0 Å². The van der Waals surface area contributed by atoms with Crippen LogP contribution < -0.4 is 5.32 Å². The fourth-order valence-corrected chi connectivity index (χ4v) is 2.20. The number of fused-ring (bicyclic) bond motifs is 2. The van der Waals surface area contributed by atoms with Gasteiger partial charge in [-0.2, -0.15) is 4.39 Å². The van der Waals surface area contributed by atoms with Crippen molar-refractivity contribution in [2.45, 2.75) is 6.42 Å². The molecule has 0 aromatic carbocycles. The summed E-state index contributed by atoms with van der Waals surface area (Å²) in [7, 11) is 0. The maximum absolute atomic E-state index is 12.9. The third kappa shape index (κ3) is 1.53. The molecule has 1 aromatic heterocycles. The zero-order valence-electron chi connectivity index (χ0n) is 9.64. The molecule has 19 heavy (non-hydrogen) atoms. The summed E-state index contributed by atoms with van der Waals surface area (Å²) in [4.78, 5) is 15.6. The van der Waals surface area contributed by atoms with Crippen LogP contribution in [0.3, 0.4) is 0 Å². The number of hydrogen-bond donors (Lipinski definition) is 1. The summed E-state index contributed by atoms with van der Waals surface area (Å²) in [5.74, 6) is -0.911. The van der Waals surface area contributed by atoms with Gasteiger partial charge in [-0.05, 0) is 29.4 Å². The number of carbonyl (C=O) groups excluding carboxylic acids is 1. The smallest absolute Gasteiger partial charge is 0.278 e. The van der Waals surface area contributed by atoms with Crippen LogP contribution in [-0.4, -0.2) is 10.9 Å². The Bertz CT molecular complexity index is 758. The van der Waals surface area contributed by atoms with Crippen molar-refractivity contribution in [1.29, 1.82) is 0 Å². The molecule has 0 atom stereocenters. The van der Waals surface area contributed by atoms with E-state index in [4.69, 9.17) is 0 Å². The number of allylic oxidation sites excluding steroid dienone is 3. The molecule has 1 aromatic rings. The number of nitrogens with zero attached hydrogens (tertiary/aromatic N) is 3. The normalized spacial score (nSPS) is 18.5. The van der Waals surface area contributed by atoms with Gasteiger partial charge in [0.2, 0.25) is 5.95 Å². The summed E-state index contributed by atoms with van der Waals surface area (Å²) >= 11 is 0. The highest BCUT2D eigenvalue weighted by atomic mass is 19.1. The summed E-state index contributed by atoms with van der Waals surface area (Å²) in [5.41, 5.74) is 4.20. The summed E-state index contributed by atoms with van der Waals surface area (Å²) in [5, 5.41) is 10.4. The first-order valence-electron chi connectivity index (χ1n) is 5.77. The van der Waals surface area contributed by atoms with Crippen LogP contribution in [0.25, 0.3) is 0 Å². The van der Waals surface area contributed by atoms with E-state index in [2.05, 4.69) is 20.5 Å². The number of carbonyl (C=O) groups is 1. The van der Waals surface area contributed by atoms with Crippen LogP contribution in [0.15, 0.2) is 62.6 Å². The molecule has 5 nitrogen and oxygen atoms in total. The van der Waals surface area contributed by atoms with Gasteiger partial charge in [0, 0.05) is 12.0 Å². The number of amides is 1. The number of aromatic nitrogens is 1. The lowest BCUT2D eigenvalue weighted by Gasteiger charge is -2.03. The van der Waals surface area contributed by atoms with Gasteiger partial charge in [0.15, 0.2) is 5.70 Å². The molecule has 4 rings (SSSR count). The van der Waals surface area contributed by atoms with Crippen LogP contribution in [0.1, 0.15) is 6.42 Å². The minimum atomic E-state index is -0.643. The number of pyridine rings is 1. The van der Waals surface area contributed by atoms with Gasteiger partial charge >= 0.3 is 0 Å². The molecular formula is C13H7FN4O. The molecule has 1 saturated carbocycles. The highest BCUT2D eigenvalue weighted by Gasteiger charge is 2.38. The molecule has 6 heteroatoms. The van der Waals surface area contributed by atoms with Gasteiger partial charge in [0.1, 0.15) is 5.82 Å². The molecule has 0 saturated heterocycles. The Labute approximate surface area is 107 Å². The van der Waals surface area contributed by atoms with E-state index < -0.39 is 11.9 Å². The summed E-state index contributed by atoms with van der Waals surface area (Å²) < 4.78 is 12.9. The van der Waals surface area contributed by atoms with Crippen molar-refractivity contribution in [3.8, 4) is 0 Å². The first-order chi connectivity index (χ1) is 9.22. The van der Waals surface area contributed by atoms with E-state index in [-0.39, 0.29) is 11.5 Å². The van der Waals surface area contributed by atoms with E-state index >= 15 is 0 Å². The third-order valence-electron chi connectivity index (χ3n) is 3.17. The largest absolute Gasteiger partial charge is 0.305 e. The van der Waals surface area contributed by atoms with Crippen molar-refractivity contribution in [1.82, 2.24) is 4.98 Å². The molecule has 2 heterocycles. The number of nitrogens with one attached hydrogen (secondary N) is 1. The van der Waals surface area contributed by atoms with Gasteiger partial charge < -0.3 is 5.32 Å². The number of anilines is 1. The van der Waals surface area contributed by atoms with Crippen molar-refractivity contribution in [3.05, 3.63) is 58.3 Å². The molecule has 2 aliphatic carbocycles. The number of halogens is 1. The lowest BCUT2D eigenvalue weighted by atomic mass is 10.1. The topological polar surface area (TPSA) is 66.7 Å². The highest BCUT2D eigenvalue weighted by Crippen LogP contribution is 2.51. The van der Waals surface area contributed by atoms with E-state index in [9.17, 15) is 9.18 Å². The molecule has 3 aliphatic rings. The zero-order chi connectivity index (χ0) is 13.0. The lowest BCUT2D eigenvalue weighted by molar-refractivity contribution is -0.112. The average Bonchev–Trinajstić information content (AvgIpc) is 2.86. The Morgan fingerprint density at radius 1 is 1.32 bits per heavy atom. The molecule has 92 valence electrons. The monoisotopic (exact) mass is 254 g/mol. The minimum Gasteiger partial charge on any atom is -0.305 e. The highest BCUT2D eigenvalue weighted by molar-refractivity contribution is 6.05. The second kappa shape index (κ2) is 3.44. The van der Waals surface area contributed by atoms with Crippen molar-refractivity contribution in [2.24, 2.45) is 10.2 Å². The maximum Gasteiger partial charge on any atom is 0.278 e. The van der Waals surface area contributed by atoms with E-state index in [1.165, 1.54) is 29.3 Å². The van der Waals surface area contributed by atoms with E-state index in [0.717, 1.165) is 17.7 Å². The predicted octanol–water partition coefficient (Wildman–Crippen LogP) is 2.48. The third-order valence-corrected chi connectivity index (χ3v) is 3.17. The molecular weight excluding hydrogens is 247 g/mol. The van der Waals surface area contributed by atoms with Crippen molar-refractivity contribution in [2.75, 3.05) is 5.32 Å². The van der Waals surface area contributed by atoms with E-state index in [1.54, 1.807) is 0 Å². The Hall–Kier alpha value is -2.63.